The Kier molecular flexibility index (Phi) is 12.7. The Morgan fingerprint density at radius 1 is 0.714 bits per heavy atom. The summed E-state index contributed by atoms with van der Waals surface area (Å²) in [5, 5.41) is 47.4. The molecule has 0 radical (unpaired) electrons. The van der Waals surface area contributed by atoms with Crippen LogP contribution in [0.3, 0.4) is 0 Å². The number of guanidine groups is 1. The molecule has 2 saturated heterocycles. The topological polar surface area (TPSA) is 340 Å². The highest BCUT2D eigenvalue weighted by Crippen LogP contribution is 2.48. The summed E-state index contributed by atoms with van der Waals surface area (Å²) in [4.78, 5) is 128. The number of likely N-dealkylation sites (tertiary alicyclic amines) is 1. The maximum atomic E-state index is 13.6. The molecule has 6 rings (SSSR count). The van der Waals surface area contributed by atoms with Crippen molar-refractivity contribution in [3.63, 3.8) is 0 Å². The molecule has 0 aliphatic carbocycles. The average molecular weight is 873 g/mol. The molecule has 3 aromatic carbocycles. The molecule has 0 spiro atoms. The van der Waals surface area contributed by atoms with Crippen molar-refractivity contribution in [3.05, 3.63) is 131 Å². The van der Waals surface area contributed by atoms with E-state index in [4.69, 9.17) is 14.2 Å². The van der Waals surface area contributed by atoms with Gasteiger partial charge in [-0.1, -0.05) is 6.92 Å². The second-order valence-corrected chi connectivity index (χ2v) is 14.1. The molecular formula is C38H32N8O17. The normalized spacial score (nSPS) is 18.4. The summed E-state index contributed by atoms with van der Waals surface area (Å²) in [7, 11) is 0. The molecule has 3 heterocycles. The van der Waals surface area contributed by atoms with Gasteiger partial charge in [-0.25, -0.2) is 33.8 Å². The minimum atomic E-state index is -1.49. The number of fused-ring (bicyclic) bond motifs is 1. The van der Waals surface area contributed by atoms with Gasteiger partial charge in [-0.15, -0.1) is 0 Å². The number of aliphatic imine (C=N–C) groups is 1. The van der Waals surface area contributed by atoms with E-state index in [9.17, 15) is 69.0 Å². The predicted molar refractivity (Wildman–Crippen MR) is 207 cm³/mol. The van der Waals surface area contributed by atoms with E-state index in [1.54, 1.807) is 11.8 Å². The molecule has 0 aromatic heterocycles. The van der Waals surface area contributed by atoms with Crippen LogP contribution in [0, 0.1) is 42.2 Å². The molecule has 4 atom stereocenters. The zero-order valence-corrected chi connectivity index (χ0v) is 32.6. The molecule has 1 unspecified atom stereocenters. The van der Waals surface area contributed by atoms with E-state index in [2.05, 4.69) is 4.99 Å². The number of aliphatic hydroxyl groups is 1. The predicted octanol–water partition coefficient (Wildman–Crippen LogP) is 2.38. The van der Waals surface area contributed by atoms with Crippen molar-refractivity contribution < 1.29 is 67.6 Å². The number of ether oxygens (including phenoxy) is 3. The van der Waals surface area contributed by atoms with Crippen LogP contribution < -0.4 is 10.6 Å². The highest BCUT2D eigenvalue weighted by molar-refractivity contribution is 6.08. The van der Waals surface area contributed by atoms with E-state index in [0.717, 1.165) is 77.7 Å². The van der Waals surface area contributed by atoms with E-state index in [-0.39, 0.29) is 59.1 Å². The second kappa shape index (κ2) is 18.1. The average Bonchev–Trinajstić information content (AvgIpc) is 3.46. The Morgan fingerprint density at radius 3 is 1.49 bits per heavy atom. The maximum absolute atomic E-state index is 13.6. The zero-order chi connectivity index (χ0) is 45.9. The van der Waals surface area contributed by atoms with Gasteiger partial charge in [0.25, 0.3) is 17.1 Å². The van der Waals surface area contributed by atoms with Gasteiger partial charge in [0.1, 0.15) is 5.70 Å². The summed E-state index contributed by atoms with van der Waals surface area (Å²) in [5.41, 5.74) is -1.59. The molecule has 3 aromatic rings. The number of rotatable bonds is 11. The first kappa shape index (κ1) is 44.2. The van der Waals surface area contributed by atoms with Gasteiger partial charge in [-0.2, -0.15) is 0 Å². The number of nitrogens with zero attached hydrogens (tertiary/aromatic N) is 6. The molecule has 2 fully saturated rings. The summed E-state index contributed by atoms with van der Waals surface area (Å²) in [6.07, 6.45) is -4.07. The first-order valence-electron chi connectivity index (χ1n) is 18.4. The number of esters is 4. The third-order valence-electron chi connectivity index (χ3n) is 10.1. The number of carbonyl (C=O) groups excluding carboxylic acids is 7. The third kappa shape index (κ3) is 9.68. The summed E-state index contributed by atoms with van der Waals surface area (Å²) in [6, 6.07) is 10.9. The van der Waals surface area contributed by atoms with E-state index in [1.807, 2.05) is 10.6 Å². The summed E-state index contributed by atoms with van der Waals surface area (Å²) in [5.74, 6) is -7.52. The van der Waals surface area contributed by atoms with Gasteiger partial charge in [-0.3, -0.25) is 50.7 Å². The van der Waals surface area contributed by atoms with Crippen LogP contribution in [0.5, 0.6) is 0 Å². The summed E-state index contributed by atoms with van der Waals surface area (Å²) < 4.78 is 14.6. The molecule has 0 bridgehead atoms. The number of amides is 3. The molecule has 326 valence electrons. The van der Waals surface area contributed by atoms with Gasteiger partial charge in [0, 0.05) is 62.0 Å². The van der Waals surface area contributed by atoms with Crippen molar-refractivity contribution in [2.45, 2.75) is 32.0 Å². The van der Waals surface area contributed by atoms with Gasteiger partial charge in [0.05, 0.1) is 55.6 Å². The van der Waals surface area contributed by atoms with Crippen molar-refractivity contribution in [2.24, 2.45) is 16.8 Å². The van der Waals surface area contributed by atoms with Crippen LogP contribution in [0.25, 0.3) is 0 Å². The van der Waals surface area contributed by atoms with Crippen LogP contribution in [0.4, 0.5) is 26.7 Å². The fraction of sp³-hybridized carbons (Fsp3) is 0.263. The van der Waals surface area contributed by atoms with E-state index in [1.165, 1.54) is 6.92 Å². The first-order valence-corrected chi connectivity index (χ1v) is 18.4. The number of benzene rings is 3. The van der Waals surface area contributed by atoms with E-state index in [0.29, 0.717) is 5.57 Å². The van der Waals surface area contributed by atoms with Gasteiger partial charge in [0.2, 0.25) is 11.9 Å². The molecule has 0 saturated carbocycles. The fourth-order valence-electron chi connectivity index (χ4n) is 6.99. The van der Waals surface area contributed by atoms with Crippen molar-refractivity contribution in [1.29, 1.82) is 0 Å². The van der Waals surface area contributed by atoms with Crippen LogP contribution in [0.1, 0.15) is 44.9 Å². The smallest absolute Gasteiger partial charge is 0.393 e. The highest BCUT2D eigenvalue weighted by Gasteiger charge is 2.60. The van der Waals surface area contributed by atoms with Crippen molar-refractivity contribution in [3.8, 4) is 0 Å². The molecule has 25 nitrogen and oxygen atoms in total. The summed E-state index contributed by atoms with van der Waals surface area (Å²) >= 11 is 0. The van der Waals surface area contributed by atoms with Gasteiger partial charge in [0.15, 0.2) is 0 Å². The van der Waals surface area contributed by atoms with Crippen LogP contribution in [0.2, 0.25) is 0 Å². The second-order valence-electron chi connectivity index (χ2n) is 14.1. The third-order valence-corrected chi connectivity index (χ3v) is 10.1. The number of alkyl carbamates (subject to hydrolysis) is 2. The minimum Gasteiger partial charge on any atom is -0.393 e. The van der Waals surface area contributed by atoms with Crippen molar-refractivity contribution in [2.75, 3.05) is 19.6 Å². The lowest BCUT2D eigenvalue weighted by Gasteiger charge is -2.46. The maximum Gasteiger partial charge on any atom is 0.421 e. The molecule has 3 amide bonds. The van der Waals surface area contributed by atoms with Gasteiger partial charge in [-0.05, 0) is 48.9 Å². The number of carbonyl (C=O) groups is 7. The van der Waals surface area contributed by atoms with Crippen LogP contribution in [0.15, 0.2) is 89.1 Å². The lowest BCUT2D eigenvalue weighted by atomic mass is 9.77. The van der Waals surface area contributed by atoms with Crippen molar-refractivity contribution >= 4 is 65.0 Å². The molecule has 25 heteroatoms. The monoisotopic (exact) mass is 872 g/mol. The fourth-order valence-corrected chi connectivity index (χ4v) is 6.99. The molecule has 63 heavy (non-hydrogen) atoms. The number of hydrogen-bond donors (Lipinski definition) is 3. The standard InChI is InChI=1S/C38H32N8O17/c1-18-27(30(43-29(18)28(19(2)47)31(43)48)35(52)61-32(49)20-3-9-24(10-4-20)44(55)56)17-42-15-23(16-42)39-36(40-37(53)62-33(50)21-5-11-25(12-6-21)45(57)58)41-38(54)63-34(51)22-7-13-26(14-8-22)46(59)60/h3-14,18-19,23,28-29,47H,15-17H2,1-2H3,(H2,39,40,41,53,54)/t18-,19+,28?,29+/m0/s1. The number of non-ortho nitro benzene ring substituents is 3. The molecule has 3 aliphatic heterocycles. The number of nitro groups is 3. The Morgan fingerprint density at radius 2 is 1.11 bits per heavy atom. The number of nitro benzene ring substituents is 3. The zero-order valence-electron chi connectivity index (χ0n) is 32.6. The Labute approximate surface area is 352 Å². The number of nitrogens with one attached hydrogen (secondary N) is 2. The van der Waals surface area contributed by atoms with Gasteiger partial charge >= 0.3 is 36.1 Å². The lowest BCUT2D eigenvalue weighted by molar-refractivity contribution is -0.385. The largest absolute Gasteiger partial charge is 0.421 e. The SMILES string of the molecule is C[C@@H](O)C1C(=O)N2C(C(=O)OC(=O)c3ccc([N+](=O)[O-])cc3)=C(CN3CC(N=C(NC(=O)OC(=O)c4ccc([N+](=O)[O-])cc4)NC(=O)OC(=O)c4ccc([N+](=O)[O-])cc4)C3)[C@H](C)[C@H]12. The highest BCUT2D eigenvalue weighted by atomic mass is 16.6. The Bertz CT molecular complexity index is 2410. The molecule has 3 aliphatic rings. The van der Waals surface area contributed by atoms with Gasteiger partial charge < -0.3 is 24.2 Å². The minimum absolute atomic E-state index is 0.0100. The van der Waals surface area contributed by atoms with Crippen molar-refractivity contribution in [1.82, 2.24) is 20.4 Å². The van der Waals surface area contributed by atoms with Crippen LogP contribution >= 0.6 is 0 Å². The number of β-lactam (4-membered cyclic amide) rings is 1. The van der Waals surface area contributed by atoms with E-state index < -0.39 is 92.7 Å². The first-order chi connectivity index (χ1) is 29.8. The summed E-state index contributed by atoms with van der Waals surface area (Å²) in [6.45, 7) is 3.23. The molecule has 3 N–H and O–H groups in total. The quantitative estimate of drug-likeness (QED) is 0.0364. The lowest BCUT2D eigenvalue weighted by Crippen LogP contribution is -2.63. The Balaban J connectivity index is 1.17. The molecular weight excluding hydrogens is 840 g/mol. The van der Waals surface area contributed by atoms with Crippen LogP contribution in [-0.4, -0.2) is 115 Å². The van der Waals surface area contributed by atoms with Crippen LogP contribution in [-0.2, 0) is 23.8 Å². The van der Waals surface area contributed by atoms with E-state index >= 15 is 0 Å². The Hall–Kier alpha value is -8.32. The number of hydrogen-bond acceptors (Lipinski definition) is 19. The number of aliphatic hydroxyl groups excluding tert-OH is 1.